The van der Waals surface area contributed by atoms with Gasteiger partial charge in [-0.2, -0.15) is 5.10 Å². The van der Waals surface area contributed by atoms with Crippen molar-refractivity contribution in [3.05, 3.63) is 51.9 Å². The Morgan fingerprint density at radius 1 is 1.25 bits per heavy atom. The monoisotopic (exact) mass is 330 g/mol. The lowest BCUT2D eigenvalue weighted by Gasteiger charge is -2.13. The number of fused-ring (bicyclic) bond motifs is 1. The van der Waals surface area contributed by atoms with E-state index in [1.807, 2.05) is 42.9 Å². The molecule has 0 atom stereocenters. The van der Waals surface area contributed by atoms with Crippen molar-refractivity contribution >= 4 is 26.8 Å². The summed E-state index contributed by atoms with van der Waals surface area (Å²) in [6, 6.07) is 8.05. The highest BCUT2D eigenvalue weighted by atomic mass is 79.9. The smallest absolute Gasteiger partial charge is 0.0803 e. The molecule has 1 aromatic carbocycles. The first kappa shape index (κ1) is 13.3. The van der Waals surface area contributed by atoms with Crippen LogP contribution in [0.15, 0.2) is 34.9 Å². The van der Waals surface area contributed by atoms with E-state index in [9.17, 15) is 0 Å². The van der Waals surface area contributed by atoms with Gasteiger partial charge in [-0.25, -0.2) is 4.68 Å². The molecule has 2 aromatic heterocycles. The molecule has 0 spiro atoms. The lowest BCUT2D eigenvalue weighted by Crippen LogP contribution is -2.08. The van der Waals surface area contributed by atoms with E-state index in [-0.39, 0.29) is 0 Å². The second-order valence-corrected chi connectivity index (χ2v) is 5.54. The average Bonchev–Trinajstić information content (AvgIpc) is 2.73. The van der Waals surface area contributed by atoms with Crippen LogP contribution in [0.25, 0.3) is 16.6 Å². The van der Waals surface area contributed by atoms with Crippen LogP contribution in [0.3, 0.4) is 0 Å². The van der Waals surface area contributed by atoms with Gasteiger partial charge in [0.1, 0.15) is 0 Å². The van der Waals surface area contributed by atoms with Crippen LogP contribution in [0.1, 0.15) is 17.0 Å². The summed E-state index contributed by atoms with van der Waals surface area (Å²) < 4.78 is 2.98. The minimum Gasteiger partial charge on any atom is -0.326 e. The Labute approximate surface area is 125 Å². The molecule has 0 aliphatic carbocycles. The fourth-order valence-electron chi connectivity index (χ4n) is 2.41. The number of aryl methyl sites for hydroxylation is 1. The maximum atomic E-state index is 5.88. The van der Waals surface area contributed by atoms with Gasteiger partial charge in [0.05, 0.1) is 27.1 Å². The number of rotatable bonds is 2. The van der Waals surface area contributed by atoms with Gasteiger partial charge >= 0.3 is 0 Å². The lowest BCUT2D eigenvalue weighted by molar-refractivity contribution is 0.822. The van der Waals surface area contributed by atoms with Crippen LogP contribution in [-0.2, 0) is 6.54 Å². The quantitative estimate of drug-likeness (QED) is 0.784. The Morgan fingerprint density at radius 2 is 2.00 bits per heavy atom. The highest BCUT2D eigenvalue weighted by Crippen LogP contribution is 2.29. The van der Waals surface area contributed by atoms with Crippen molar-refractivity contribution in [1.29, 1.82) is 0 Å². The van der Waals surface area contributed by atoms with Crippen LogP contribution in [0.5, 0.6) is 0 Å². The number of benzene rings is 1. The van der Waals surface area contributed by atoms with Crippen LogP contribution in [0.4, 0.5) is 0 Å². The normalized spacial score (nSPS) is 11.2. The number of pyridine rings is 1. The first-order chi connectivity index (χ1) is 9.63. The Balaban J connectivity index is 2.41. The van der Waals surface area contributed by atoms with Crippen LogP contribution in [-0.4, -0.2) is 14.8 Å². The Morgan fingerprint density at radius 3 is 2.65 bits per heavy atom. The first-order valence-electron chi connectivity index (χ1n) is 6.42. The Kier molecular flexibility index (Phi) is 3.31. The van der Waals surface area contributed by atoms with Gasteiger partial charge < -0.3 is 5.73 Å². The van der Waals surface area contributed by atoms with Gasteiger partial charge in [0.25, 0.3) is 0 Å². The lowest BCUT2D eigenvalue weighted by atomic mass is 10.1. The van der Waals surface area contributed by atoms with Gasteiger partial charge in [0.2, 0.25) is 0 Å². The van der Waals surface area contributed by atoms with Crippen molar-refractivity contribution in [2.75, 3.05) is 0 Å². The number of hydrogen-bond donors (Lipinski definition) is 1. The number of halogens is 1. The molecular formula is C15H15BrN4. The molecule has 0 fully saturated rings. The van der Waals surface area contributed by atoms with E-state index in [0.717, 1.165) is 38.0 Å². The number of hydrogen-bond acceptors (Lipinski definition) is 3. The van der Waals surface area contributed by atoms with Crippen molar-refractivity contribution < 1.29 is 0 Å². The first-order valence-corrected chi connectivity index (χ1v) is 7.21. The van der Waals surface area contributed by atoms with E-state index in [4.69, 9.17) is 5.73 Å². The largest absolute Gasteiger partial charge is 0.326 e. The zero-order valence-electron chi connectivity index (χ0n) is 11.4. The molecule has 102 valence electrons. The second kappa shape index (κ2) is 5.00. The number of nitrogens with two attached hydrogens (primary N) is 1. The molecule has 0 bridgehead atoms. The van der Waals surface area contributed by atoms with E-state index in [1.54, 1.807) is 0 Å². The Hall–Kier alpha value is -1.72. The highest BCUT2D eigenvalue weighted by Gasteiger charge is 2.16. The molecule has 3 aromatic rings. The topological polar surface area (TPSA) is 56.7 Å². The molecule has 2 N–H and O–H groups in total. The fraction of sp³-hybridized carbons (Fsp3) is 0.200. The third-order valence-electron chi connectivity index (χ3n) is 3.46. The van der Waals surface area contributed by atoms with E-state index in [0.29, 0.717) is 6.54 Å². The fourth-order valence-corrected chi connectivity index (χ4v) is 2.66. The molecule has 0 saturated carbocycles. The molecule has 3 rings (SSSR count). The van der Waals surface area contributed by atoms with E-state index >= 15 is 0 Å². The SMILES string of the molecule is Cc1nn(-c2c(CN)cnc3ccccc23)c(C)c1Br. The van der Waals surface area contributed by atoms with Gasteiger partial charge in [-0.1, -0.05) is 18.2 Å². The molecule has 0 aliphatic heterocycles. The molecule has 0 amide bonds. The van der Waals surface area contributed by atoms with Crippen molar-refractivity contribution in [1.82, 2.24) is 14.8 Å². The van der Waals surface area contributed by atoms with Crippen molar-refractivity contribution in [2.24, 2.45) is 5.73 Å². The minimum atomic E-state index is 0.434. The predicted molar refractivity (Wildman–Crippen MR) is 83.9 cm³/mol. The zero-order chi connectivity index (χ0) is 14.3. The van der Waals surface area contributed by atoms with Gasteiger partial charge in [0.15, 0.2) is 0 Å². The summed E-state index contributed by atoms with van der Waals surface area (Å²) in [6.07, 6.45) is 1.84. The van der Waals surface area contributed by atoms with Gasteiger partial charge in [-0.3, -0.25) is 4.98 Å². The van der Waals surface area contributed by atoms with Gasteiger partial charge in [0, 0.05) is 23.7 Å². The van der Waals surface area contributed by atoms with Crippen LogP contribution in [0, 0.1) is 13.8 Å². The molecular weight excluding hydrogens is 316 g/mol. The van der Waals surface area contributed by atoms with E-state index in [1.165, 1.54) is 0 Å². The predicted octanol–water partition coefficient (Wildman–Crippen LogP) is 3.26. The third-order valence-corrected chi connectivity index (χ3v) is 4.61. The maximum Gasteiger partial charge on any atom is 0.0803 e. The number of nitrogens with zero attached hydrogens (tertiary/aromatic N) is 3. The van der Waals surface area contributed by atoms with Crippen LogP contribution in [0.2, 0.25) is 0 Å². The number of para-hydroxylation sites is 1. The summed E-state index contributed by atoms with van der Waals surface area (Å²) >= 11 is 3.58. The van der Waals surface area contributed by atoms with Crippen LogP contribution < -0.4 is 5.73 Å². The summed E-state index contributed by atoms with van der Waals surface area (Å²) in [5, 5.41) is 5.69. The third kappa shape index (κ3) is 1.94. The maximum absolute atomic E-state index is 5.88. The van der Waals surface area contributed by atoms with E-state index < -0.39 is 0 Å². The van der Waals surface area contributed by atoms with Crippen LogP contribution >= 0.6 is 15.9 Å². The molecule has 0 radical (unpaired) electrons. The summed E-state index contributed by atoms with van der Waals surface area (Å²) in [5.74, 6) is 0. The van der Waals surface area contributed by atoms with Crippen molar-refractivity contribution in [2.45, 2.75) is 20.4 Å². The van der Waals surface area contributed by atoms with Crippen molar-refractivity contribution in [3.8, 4) is 5.69 Å². The van der Waals surface area contributed by atoms with E-state index in [2.05, 4.69) is 32.1 Å². The molecule has 2 heterocycles. The highest BCUT2D eigenvalue weighted by molar-refractivity contribution is 9.10. The molecule has 20 heavy (non-hydrogen) atoms. The average molecular weight is 331 g/mol. The van der Waals surface area contributed by atoms with Crippen molar-refractivity contribution in [3.63, 3.8) is 0 Å². The molecule has 0 unspecified atom stereocenters. The zero-order valence-corrected chi connectivity index (χ0v) is 13.0. The summed E-state index contributed by atoms with van der Waals surface area (Å²) in [6.45, 7) is 4.46. The van der Waals surface area contributed by atoms with Gasteiger partial charge in [-0.05, 0) is 35.8 Å². The summed E-state index contributed by atoms with van der Waals surface area (Å²) in [7, 11) is 0. The minimum absolute atomic E-state index is 0.434. The number of aromatic nitrogens is 3. The molecule has 4 nitrogen and oxygen atoms in total. The molecule has 0 saturated heterocycles. The second-order valence-electron chi connectivity index (χ2n) is 4.75. The Bertz CT molecular complexity index is 792. The standard InChI is InChI=1S/C15H15BrN4/c1-9-14(16)10(2)20(19-9)15-11(7-17)8-18-13-6-4-3-5-12(13)15/h3-6,8H,7,17H2,1-2H3. The van der Waals surface area contributed by atoms with Gasteiger partial charge in [-0.15, -0.1) is 0 Å². The summed E-state index contributed by atoms with van der Waals surface area (Å²) in [5.41, 5.74) is 10.9. The molecule has 0 aliphatic rings. The molecule has 5 heteroatoms. The summed E-state index contributed by atoms with van der Waals surface area (Å²) in [4.78, 5) is 4.46.